The zero-order chi connectivity index (χ0) is 21.5. The van der Waals surface area contributed by atoms with Crippen molar-refractivity contribution in [1.82, 2.24) is 14.8 Å². The maximum absolute atomic E-state index is 12.7. The average molecular weight is 433 g/mol. The quantitative estimate of drug-likeness (QED) is 0.459. The number of hydrogen-bond acceptors (Lipinski definition) is 3. The Bertz CT molecular complexity index is 1260. The molecule has 0 aliphatic carbocycles. The van der Waals surface area contributed by atoms with E-state index in [0.29, 0.717) is 21.9 Å². The normalized spacial score (nSPS) is 11.8. The molecule has 154 valence electrons. The van der Waals surface area contributed by atoms with Crippen molar-refractivity contribution < 1.29 is 13.2 Å². The van der Waals surface area contributed by atoms with Gasteiger partial charge in [-0.25, -0.2) is 4.68 Å². The van der Waals surface area contributed by atoms with Gasteiger partial charge in [0.25, 0.3) is 5.56 Å². The number of alkyl halides is 3. The van der Waals surface area contributed by atoms with Crippen molar-refractivity contribution in [2.45, 2.75) is 19.6 Å². The molecule has 0 saturated heterocycles. The zero-order valence-corrected chi connectivity index (χ0v) is 16.5. The molecule has 0 spiro atoms. The Morgan fingerprint density at radius 1 is 1.10 bits per heavy atom. The first-order valence-corrected chi connectivity index (χ1v) is 9.39. The van der Waals surface area contributed by atoms with Crippen LogP contribution in [0.3, 0.4) is 0 Å². The summed E-state index contributed by atoms with van der Waals surface area (Å²) in [5.41, 5.74) is 1.93. The number of pyridine rings is 1. The van der Waals surface area contributed by atoms with E-state index in [1.165, 1.54) is 12.1 Å². The van der Waals surface area contributed by atoms with Gasteiger partial charge in [0.05, 0.1) is 16.9 Å². The number of aromatic amines is 1. The van der Waals surface area contributed by atoms with Crippen LogP contribution in [-0.4, -0.2) is 14.8 Å². The molecule has 0 amide bonds. The van der Waals surface area contributed by atoms with Gasteiger partial charge >= 0.3 is 6.18 Å². The molecule has 30 heavy (non-hydrogen) atoms. The van der Waals surface area contributed by atoms with E-state index in [1.807, 2.05) is 6.92 Å². The minimum absolute atomic E-state index is 0.155. The highest BCUT2D eigenvalue weighted by molar-refractivity contribution is 6.30. The Morgan fingerprint density at radius 2 is 1.77 bits per heavy atom. The van der Waals surface area contributed by atoms with Crippen LogP contribution in [0.4, 0.5) is 18.9 Å². The highest BCUT2D eigenvalue weighted by Gasteiger charge is 2.29. The van der Waals surface area contributed by atoms with Crippen LogP contribution in [0.25, 0.3) is 16.7 Å². The summed E-state index contributed by atoms with van der Waals surface area (Å²) in [5, 5.41) is 8.85. The number of nitrogens with zero attached hydrogens (tertiary/aromatic N) is 2. The van der Waals surface area contributed by atoms with Crippen LogP contribution >= 0.6 is 11.6 Å². The van der Waals surface area contributed by atoms with Crippen LogP contribution in [-0.2, 0) is 12.7 Å². The third kappa shape index (κ3) is 3.91. The summed E-state index contributed by atoms with van der Waals surface area (Å²) in [5.74, 6) is 0. The Kier molecular flexibility index (Phi) is 5.03. The fourth-order valence-electron chi connectivity index (χ4n) is 3.13. The molecule has 0 radical (unpaired) electrons. The standard InChI is InChI=1S/C21H16ClF3N4O/c1-12-18-10-13(11-26-16-6-2-14(3-7-16)21(23,24)25)20(30)27-19(18)29(28-12)17-8-4-15(22)5-9-17/h2-10,26H,11H2,1H3,(H,27,30). The molecule has 4 aromatic rings. The SMILES string of the molecule is Cc1nn(-c2ccc(Cl)cc2)c2[nH]c(=O)c(CNc3ccc(C(F)(F)F)cc3)cc12. The van der Waals surface area contributed by atoms with Gasteiger partial charge in [-0.15, -0.1) is 0 Å². The molecule has 0 unspecified atom stereocenters. The molecule has 4 rings (SSSR count). The highest BCUT2D eigenvalue weighted by atomic mass is 35.5. The smallest absolute Gasteiger partial charge is 0.381 e. The third-order valence-electron chi connectivity index (χ3n) is 4.72. The number of aromatic nitrogens is 3. The van der Waals surface area contributed by atoms with Crippen LogP contribution < -0.4 is 10.9 Å². The predicted octanol–water partition coefficient (Wildman–Crippen LogP) is 5.31. The van der Waals surface area contributed by atoms with Crippen molar-refractivity contribution in [2.24, 2.45) is 0 Å². The van der Waals surface area contributed by atoms with E-state index in [-0.39, 0.29) is 12.1 Å². The lowest BCUT2D eigenvalue weighted by Crippen LogP contribution is -2.16. The maximum Gasteiger partial charge on any atom is 0.416 e. The Labute approximate surface area is 174 Å². The summed E-state index contributed by atoms with van der Waals surface area (Å²) in [4.78, 5) is 15.4. The van der Waals surface area contributed by atoms with Gasteiger partial charge in [0, 0.05) is 28.2 Å². The highest BCUT2D eigenvalue weighted by Crippen LogP contribution is 2.30. The lowest BCUT2D eigenvalue weighted by Gasteiger charge is -2.10. The number of rotatable bonds is 4. The molecule has 0 atom stereocenters. The topological polar surface area (TPSA) is 62.7 Å². The Hall–Kier alpha value is -3.26. The number of aryl methyl sites for hydroxylation is 1. The molecule has 0 aliphatic rings. The van der Waals surface area contributed by atoms with E-state index in [0.717, 1.165) is 28.9 Å². The van der Waals surface area contributed by atoms with Crippen molar-refractivity contribution in [2.75, 3.05) is 5.32 Å². The summed E-state index contributed by atoms with van der Waals surface area (Å²) in [6, 6.07) is 13.5. The monoisotopic (exact) mass is 432 g/mol. The van der Waals surface area contributed by atoms with Gasteiger partial charge in [-0.3, -0.25) is 4.79 Å². The van der Waals surface area contributed by atoms with E-state index in [2.05, 4.69) is 15.4 Å². The van der Waals surface area contributed by atoms with E-state index in [9.17, 15) is 18.0 Å². The number of halogens is 4. The number of benzene rings is 2. The zero-order valence-electron chi connectivity index (χ0n) is 15.7. The molecular formula is C21H16ClF3N4O. The summed E-state index contributed by atoms with van der Waals surface area (Å²) >= 11 is 5.93. The first kappa shape index (κ1) is 20.0. The van der Waals surface area contributed by atoms with E-state index < -0.39 is 11.7 Å². The molecule has 0 saturated carbocycles. The lowest BCUT2D eigenvalue weighted by molar-refractivity contribution is -0.137. The second-order valence-electron chi connectivity index (χ2n) is 6.79. The van der Waals surface area contributed by atoms with Crippen molar-refractivity contribution in [3.8, 4) is 5.69 Å². The van der Waals surface area contributed by atoms with E-state index in [4.69, 9.17) is 11.6 Å². The number of fused-ring (bicyclic) bond motifs is 1. The van der Waals surface area contributed by atoms with Gasteiger partial charge in [-0.05, 0) is 61.5 Å². The molecule has 0 fully saturated rings. The van der Waals surface area contributed by atoms with Crippen LogP contribution in [0, 0.1) is 6.92 Å². The summed E-state index contributed by atoms with van der Waals surface area (Å²) < 4.78 is 39.7. The van der Waals surface area contributed by atoms with Crippen LogP contribution in [0.2, 0.25) is 5.02 Å². The number of anilines is 1. The van der Waals surface area contributed by atoms with Crippen molar-refractivity contribution in [3.63, 3.8) is 0 Å². The molecule has 0 aliphatic heterocycles. The van der Waals surface area contributed by atoms with Crippen molar-refractivity contribution >= 4 is 28.3 Å². The predicted molar refractivity (Wildman–Crippen MR) is 110 cm³/mol. The molecule has 2 heterocycles. The second kappa shape index (κ2) is 7.53. The first-order chi connectivity index (χ1) is 14.2. The van der Waals surface area contributed by atoms with Gasteiger partial charge in [-0.2, -0.15) is 18.3 Å². The fourth-order valence-corrected chi connectivity index (χ4v) is 3.26. The van der Waals surface area contributed by atoms with Gasteiger partial charge in [-0.1, -0.05) is 11.6 Å². The number of nitrogens with one attached hydrogen (secondary N) is 2. The molecule has 2 aromatic carbocycles. The summed E-state index contributed by atoms with van der Waals surface area (Å²) in [7, 11) is 0. The summed E-state index contributed by atoms with van der Waals surface area (Å²) in [6.07, 6.45) is -4.39. The van der Waals surface area contributed by atoms with Gasteiger partial charge < -0.3 is 10.3 Å². The van der Waals surface area contributed by atoms with Gasteiger partial charge in [0.2, 0.25) is 0 Å². The van der Waals surface area contributed by atoms with Crippen molar-refractivity contribution in [1.29, 1.82) is 0 Å². The maximum atomic E-state index is 12.7. The Balaban J connectivity index is 1.61. The third-order valence-corrected chi connectivity index (χ3v) is 4.97. The van der Waals surface area contributed by atoms with E-state index >= 15 is 0 Å². The molecule has 5 nitrogen and oxygen atoms in total. The molecular weight excluding hydrogens is 417 g/mol. The van der Waals surface area contributed by atoms with Crippen LogP contribution in [0.5, 0.6) is 0 Å². The largest absolute Gasteiger partial charge is 0.416 e. The molecule has 0 bridgehead atoms. The summed E-state index contributed by atoms with van der Waals surface area (Å²) in [6.45, 7) is 1.99. The lowest BCUT2D eigenvalue weighted by atomic mass is 10.1. The minimum Gasteiger partial charge on any atom is -0.381 e. The number of hydrogen-bond donors (Lipinski definition) is 2. The van der Waals surface area contributed by atoms with Gasteiger partial charge in [0.15, 0.2) is 0 Å². The first-order valence-electron chi connectivity index (χ1n) is 9.01. The number of H-pyrrole nitrogens is 1. The van der Waals surface area contributed by atoms with Crippen molar-refractivity contribution in [3.05, 3.63) is 86.8 Å². The second-order valence-corrected chi connectivity index (χ2v) is 7.22. The molecule has 2 N–H and O–H groups in total. The molecule has 9 heteroatoms. The fraction of sp³-hybridized carbons (Fsp3) is 0.143. The Morgan fingerprint density at radius 3 is 2.40 bits per heavy atom. The van der Waals surface area contributed by atoms with Gasteiger partial charge in [0.1, 0.15) is 5.65 Å². The average Bonchev–Trinajstić information content (AvgIpc) is 3.02. The minimum atomic E-state index is -4.39. The van der Waals surface area contributed by atoms with Crippen LogP contribution in [0.15, 0.2) is 59.4 Å². The van der Waals surface area contributed by atoms with E-state index in [1.54, 1.807) is 35.0 Å². The van der Waals surface area contributed by atoms with Crippen LogP contribution in [0.1, 0.15) is 16.8 Å². The molecule has 2 aromatic heterocycles.